The molecule has 23 heavy (non-hydrogen) atoms. The van der Waals surface area contributed by atoms with Crippen LogP contribution < -0.4 is 16.0 Å². The summed E-state index contributed by atoms with van der Waals surface area (Å²) in [6.45, 7) is 1.33. The predicted molar refractivity (Wildman–Crippen MR) is 95.8 cm³/mol. The van der Waals surface area contributed by atoms with Crippen LogP contribution in [0.4, 0.5) is 10.5 Å². The maximum absolute atomic E-state index is 11.9. The Balaban J connectivity index is 1.43. The molecular formula is C19H25N3O. The Morgan fingerprint density at radius 1 is 0.957 bits per heavy atom. The molecule has 0 bridgehead atoms. The van der Waals surface area contributed by atoms with E-state index in [1.165, 1.54) is 30.0 Å². The van der Waals surface area contributed by atoms with Crippen LogP contribution in [0.15, 0.2) is 42.5 Å². The third kappa shape index (κ3) is 4.38. The molecule has 0 spiro atoms. The van der Waals surface area contributed by atoms with E-state index in [4.69, 9.17) is 0 Å². The molecule has 4 heteroatoms. The highest BCUT2D eigenvalue weighted by Gasteiger charge is 2.14. The monoisotopic (exact) mass is 311 g/mol. The van der Waals surface area contributed by atoms with Gasteiger partial charge in [-0.2, -0.15) is 0 Å². The molecule has 3 rings (SSSR count). The molecule has 1 saturated carbocycles. The van der Waals surface area contributed by atoms with Gasteiger partial charge in [-0.1, -0.05) is 55.7 Å². The summed E-state index contributed by atoms with van der Waals surface area (Å²) in [6, 6.07) is 14.9. The van der Waals surface area contributed by atoms with Gasteiger partial charge in [0.05, 0.1) is 0 Å². The largest absolute Gasteiger partial charge is 0.383 e. The molecule has 0 unspecified atom stereocenters. The van der Waals surface area contributed by atoms with E-state index in [1.54, 1.807) is 0 Å². The van der Waals surface area contributed by atoms with E-state index in [0.717, 1.165) is 18.5 Å². The quantitative estimate of drug-likeness (QED) is 0.734. The first kappa shape index (κ1) is 15.7. The van der Waals surface area contributed by atoms with Gasteiger partial charge in [0, 0.05) is 30.2 Å². The van der Waals surface area contributed by atoms with Gasteiger partial charge in [-0.3, -0.25) is 0 Å². The van der Waals surface area contributed by atoms with Crippen molar-refractivity contribution in [2.45, 2.75) is 38.1 Å². The van der Waals surface area contributed by atoms with Crippen LogP contribution in [-0.2, 0) is 0 Å². The molecular weight excluding hydrogens is 286 g/mol. The first-order valence-electron chi connectivity index (χ1n) is 8.59. The van der Waals surface area contributed by atoms with Gasteiger partial charge in [0.15, 0.2) is 0 Å². The third-order valence-corrected chi connectivity index (χ3v) is 4.46. The molecule has 1 fully saturated rings. The summed E-state index contributed by atoms with van der Waals surface area (Å²) >= 11 is 0. The zero-order valence-electron chi connectivity index (χ0n) is 13.5. The molecule has 2 aromatic rings. The fourth-order valence-corrected chi connectivity index (χ4v) is 3.24. The molecule has 3 N–H and O–H groups in total. The summed E-state index contributed by atoms with van der Waals surface area (Å²) in [5, 5.41) is 11.8. The van der Waals surface area contributed by atoms with Gasteiger partial charge in [0.1, 0.15) is 0 Å². The predicted octanol–water partition coefficient (Wildman–Crippen LogP) is 3.88. The average Bonchev–Trinajstić information content (AvgIpc) is 2.60. The van der Waals surface area contributed by atoms with Gasteiger partial charge in [0.25, 0.3) is 0 Å². The topological polar surface area (TPSA) is 53.2 Å². The van der Waals surface area contributed by atoms with E-state index < -0.39 is 0 Å². The molecule has 0 radical (unpaired) electrons. The maximum atomic E-state index is 11.9. The van der Waals surface area contributed by atoms with Crippen LogP contribution >= 0.6 is 0 Å². The highest BCUT2D eigenvalue weighted by atomic mass is 16.2. The summed E-state index contributed by atoms with van der Waals surface area (Å²) in [5.41, 5.74) is 1.11. The average molecular weight is 311 g/mol. The number of carbonyl (C=O) groups excluding carboxylic acids is 1. The van der Waals surface area contributed by atoms with Crippen LogP contribution in [0.5, 0.6) is 0 Å². The number of fused-ring (bicyclic) bond motifs is 1. The van der Waals surface area contributed by atoms with E-state index in [2.05, 4.69) is 40.2 Å². The smallest absolute Gasteiger partial charge is 0.315 e. The number of amides is 2. The van der Waals surface area contributed by atoms with Crippen LogP contribution in [0.1, 0.15) is 32.1 Å². The highest BCUT2D eigenvalue weighted by molar-refractivity contribution is 5.93. The molecule has 4 nitrogen and oxygen atoms in total. The van der Waals surface area contributed by atoms with Crippen molar-refractivity contribution in [2.75, 3.05) is 18.4 Å². The molecule has 0 aromatic heterocycles. The lowest BCUT2D eigenvalue weighted by Gasteiger charge is -2.22. The SMILES string of the molecule is O=C(NCCNc1cccc2ccccc12)NC1CCCCC1. The number of benzene rings is 2. The van der Waals surface area contributed by atoms with Crippen LogP contribution in [0.2, 0.25) is 0 Å². The zero-order valence-corrected chi connectivity index (χ0v) is 13.5. The van der Waals surface area contributed by atoms with Crippen molar-refractivity contribution < 1.29 is 4.79 Å². The van der Waals surface area contributed by atoms with E-state index >= 15 is 0 Å². The second-order valence-corrected chi connectivity index (χ2v) is 6.19. The van der Waals surface area contributed by atoms with Crippen molar-refractivity contribution in [1.82, 2.24) is 10.6 Å². The lowest BCUT2D eigenvalue weighted by atomic mass is 9.96. The number of rotatable bonds is 5. The minimum atomic E-state index is -0.0448. The minimum absolute atomic E-state index is 0.0448. The van der Waals surface area contributed by atoms with Crippen molar-refractivity contribution >= 4 is 22.5 Å². The maximum Gasteiger partial charge on any atom is 0.315 e. The Morgan fingerprint density at radius 3 is 2.61 bits per heavy atom. The van der Waals surface area contributed by atoms with Crippen LogP contribution in [0.25, 0.3) is 10.8 Å². The molecule has 0 aliphatic heterocycles. The summed E-state index contributed by atoms with van der Waals surface area (Å²) in [4.78, 5) is 11.9. The second kappa shape index (κ2) is 7.86. The molecule has 2 amide bonds. The lowest BCUT2D eigenvalue weighted by molar-refractivity contribution is 0.233. The third-order valence-electron chi connectivity index (χ3n) is 4.46. The first-order valence-corrected chi connectivity index (χ1v) is 8.59. The molecule has 122 valence electrons. The van der Waals surface area contributed by atoms with E-state index in [9.17, 15) is 4.79 Å². The van der Waals surface area contributed by atoms with Crippen molar-refractivity contribution in [2.24, 2.45) is 0 Å². The Kier molecular flexibility index (Phi) is 5.35. The Hall–Kier alpha value is -2.23. The fourth-order valence-electron chi connectivity index (χ4n) is 3.24. The van der Waals surface area contributed by atoms with Crippen LogP contribution in [0, 0.1) is 0 Å². The fraction of sp³-hybridized carbons (Fsp3) is 0.421. The highest BCUT2D eigenvalue weighted by Crippen LogP contribution is 2.22. The molecule has 2 aromatic carbocycles. The van der Waals surface area contributed by atoms with Crippen LogP contribution in [0.3, 0.4) is 0 Å². The molecule has 0 atom stereocenters. The van der Waals surface area contributed by atoms with Crippen molar-refractivity contribution in [3.05, 3.63) is 42.5 Å². The summed E-state index contributed by atoms with van der Waals surface area (Å²) in [5.74, 6) is 0. The van der Waals surface area contributed by atoms with E-state index in [0.29, 0.717) is 19.1 Å². The van der Waals surface area contributed by atoms with Crippen molar-refractivity contribution in [3.8, 4) is 0 Å². The van der Waals surface area contributed by atoms with Crippen LogP contribution in [-0.4, -0.2) is 25.2 Å². The number of anilines is 1. The second-order valence-electron chi connectivity index (χ2n) is 6.19. The summed E-state index contributed by atoms with van der Waals surface area (Å²) in [6.07, 6.45) is 5.99. The lowest BCUT2D eigenvalue weighted by Crippen LogP contribution is -2.44. The standard InChI is InChI=1S/C19H25N3O/c23-19(22-16-9-2-1-3-10-16)21-14-13-20-18-12-6-8-15-7-4-5-11-17(15)18/h4-8,11-12,16,20H,1-3,9-10,13-14H2,(H2,21,22,23). The summed E-state index contributed by atoms with van der Waals surface area (Å²) < 4.78 is 0. The molecule has 1 aliphatic carbocycles. The Bertz CT molecular complexity index is 645. The van der Waals surface area contributed by atoms with Gasteiger partial charge < -0.3 is 16.0 Å². The normalized spacial score (nSPS) is 15.3. The van der Waals surface area contributed by atoms with Gasteiger partial charge in [-0.25, -0.2) is 4.79 Å². The van der Waals surface area contributed by atoms with Crippen molar-refractivity contribution in [3.63, 3.8) is 0 Å². The Labute approximate surface area is 137 Å². The number of nitrogens with one attached hydrogen (secondary N) is 3. The molecule has 0 saturated heterocycles. The number of hydrogen-bond acceptors (Lipinski definition) is 2. The molecule has 1 aliphatic rings. The van der Waals surface area contributed by atoms with E-state index in [-0.39, 0.29) is 6.03 Å². The first-order chi connectivity index (χ1) is 11.3. The molecule has 0 heterocycles. The van der Waals surface area contributed by atoms with Gasteiger partial charge in [-0.05, 0) is 24.3 Å². The van der Waals surface area contributed by atoms with Crippen molar-refractivity contribution in [1.29, 1.82) is 0 Å². The number of urea groups is 1. The minimum Gasteiger partial charge on any atom is -0.383 e. The van der Waals surface area contributed by atoms with Gasteiger partial charge in [0.2, 0.25) is 0 Å². The number of hydrogen-bond donors (Lipinski definition) is 3. The Morgan fingerprint density at radius 2 is 1.74 bits per heavy atom. The van der Waals surface area contributed by atoms with E-state index in [1.807, 2.05) is 18.2 Å². The van der Waals surface area contributed by atoms with Gasteiger partial charge in [-0.15, -0.1) is 0 Å². The van der Waals surface area contributed by atoms with Gasteiger partial charge >= 0.3 is 6.03 Å². The zero-order chi connectivity index (χ0) is 15.9. The summed E-state index contributed by atoms with van der Waals surface area (Å²) in [7, 11) is 0. The number of carbonyl (C=O) groups is 1.